The molecule has 35 heavy (non-hydrogen) atoms. The van der Waals surface area contributed by atoms with Crippen LogP contribution in [0.2, 0.25) is 0 Å². The SMILES string of the molecule is CCN1CC[C@H](C(=O)Nc2ccc(-c3ccnc(Nc4ccc(N5CCOCC5)cc4)n3)cc2)C1. The number of hydrogen-bond donors (Lipinski definition) is 2. The zero-order valence-corrected chi connectivity index (χ0v) is 20.1. The molecule has 2 aliphatic rings. The van der Waals surface area contributed by atoms with Crippen LogP contribution >= 0.6 is 0 Å². The van der Waals surface area contributed by atoms with Crippen LogP contribution < -0.4 is 15.5 Å². The summed E-state index contributed by atoms with van der Waals surface area (Å²) in [4.78, 5) is 26.3. The maximum atomic E-state index is 12.6. The van der Waals surface area contributed by atoms with Crippen molar-refractivity contribution in [2.24, 2.45) is 5.92 Å². The quantitative estimate of drug-likeness (QED) is 0.538. The van der Waals surface area contributed by atoms with Gasteiger partial charge < -0.3 is 25.2 Å². The molecule has 2 aromatic carbocycles. The Labute approximate surface area is 206 Å². The van der Waals surface area contributed by atoms with Gasteiger partial charge in [0.1, 0.15) is 0 Å². The molecular weight excluding hydrogens is 440 g/mol. The van der Waals surface area contributed by atoms with Crippen LogP contribution in [0.3, 0.4) is 0 Å². The molecule has 0 aliphatic carbocycles. The number of nitrogens with zero attached hydrogens (tertiary/aromatic N) is 4. The number of benzene rings is 2. The van der Waals surface area contributed by atoms with Crippen molar-refractivity contribution < 1.29 is 9.53 Å². The predicted molar refractivity (Wildman–Crippen MR) is 139 cm³/mol. The largest absolute Gasteiger partial charge is 0.378 e. The van der Waals surface area contributed by atoms with Gasteiger partial charge in [0.25, 0.3) is 0 Å². The summed E-state index contributed by atoms with van der Waals surface area (Å²) in [6, 6.07) is 18.0. The van der Waals surface area contributed by atoms with Gasteiger partial charge in [-0.1, -0.05) is 19.1 Å². The summed E-state index contributed by atoms with van der Waals surface area (Å²) in [5.41, 5.74) is 4.72. The van der Waals surface area contributed by atoms with E-state index in [-0.39, 0.29) is 11.8 Å². The molecule has 2 N–H and O–H groups in total. The Bertz CT molecular complexity index is 1130. The van der Waals surface area contributed by atoms with Gasteiger partial charge in [0.05, 0.1) is 24.8 Å². The maximum absolute atomic E-state index is 12.6. The molecule has 0 unspecified atom stereocenters. The number of carbonyl (C=O) groups is 1. The lowest BCUT2D eigenvalue weighted by Gasteiger charge is -2.28. The zero-order valence-electron chi connectivity index (χ0n) is 20.1. The van der Waals surface area contributed by atoms with E-state index in [9.17, 15) is 4.79 Å². The molecule has 0 spiro atoms. The normalized spacial score (nSPS) is 18.4. The van der Waals surface area contributed by atoms with E-state index in [4.69, 9.17) is 4.74 Å². The minimum Gasteiger partial charge on any atom is -0.378 e. The molecule has 2 fully saturated rings. The average Bonchev–Trinajstić information content (AvgIpc) is 3.40. The number of aromatic nitrogens is 2. The first-order valence-electron chi connectivity index (χ1n) is 12.3. The fourth-order valence-electron chi connectivity index (χ4n) is 4.59. The molecule has 3 heterocycles. The highest BCUT2D eigenvalue weighted by Gasteiger charge is 2.27. The molecule has 1 amide bonds. The second-order valence-electron chi connectivity index (χ2n) is 8.98. The molecule has 8 heteroatoms. The lowest BCUT2D eigenvalue weighted by Crippen LogP contribution is -2.36. The molecule has 8 nitrogen and oxygen atoms in total. The van der Waals surface area contributed by atoms with Gasteiger partial charge in [0, 0.05) is 48.5 Å². The summed E-state index contributed by atoms with van der Waals surface area (Å²) in [5, 5.41) is 6.35. The summed E-state index contributed by atoms with van der Waals surface area (Å²) < 4.78 is 5.43. The molecule has 1 atom stereocenters. The molecule has 182 valence electrons. The number of morpholine rings is 1. The summed E-state index contributed by atoms with van der Waals surface area (Å²) in [5.74, 6) is 0.704. The van der Waals surface area contributed by atoms with Crippen LogP contribution in [0.4, 0.5) is 23.0 Å². The third-order valence-electron chi connectivity index (χ3n) is 6.69. The third kappa shape index (κ3) is 5.78. The Morgan fingerprint density at radius 3 is 2.46 bits per heavy atom. The second kappa shape index (κ2) is 10.8. The molecule has 3 aromatic rings. The van der Waals surface area contributed by atoms with Crippen molar-refractivity contribution in [1.29, 1.82) is 0 Å². The number of ether oxygens (including phenoxy) is 1. The van der Waals surface area contributed by atoms with E-state index in [1.807, 2.05) is 42.5 Å². The van der Waals surface area contributed by atoms with Gasteiger partial charge in [-0.05, 0) is 62.0 Å². The Kier molecular flexibility index (Phi) is 7.20. The van der Waals surface area contributed by atoms with Gasteiger partial charge in [-0.25, -0.2) is 9.97 Å². The molecule has 0 saturated carbocycles. The van der Waals surface area contributed by atoms with Crippen molar-refractivity contribution in [1.82, 2.24) is 14.9 Å². The zero-order chi connectivity index (χ0) is 24.0. The second-order valence-corrected chi connectivity index (χ2v) is 8.98. The van der Waals surface area contributed by atoms with Crippen molar-refractivity contribution in [3.63, 3.8) is 0 Å². The maximum Gasteiger partial charge on any atom is 0.228 e. The molecule has 0 bridgehead atoms. The van der Waals surface area contributed by atoms with Gasteiger partial charge in [-0.15, -0.1) is 0 Å². The van der Waals surface area contributed by atoms with E-state index < -0.39 is 0 Å². The number of rotatable bonds is 7. The highest BCUT2D eigenvalue weighted by atomic mass is 16.5. The Morgan fingerprint density at radius 2 is 1.74 bits per heavy atom. The number of anilines is 4. The van der Waals surface area contributed by atoms with Crippen molar-refractivity contribution in [3.8, 4) is 11.3 Å². The first-order chi connectivity index (χ1) is 17.2. The van der Waals surface area contributed by atoms with Crippen molar-refractivity contribution in [2.75, 3.05) is 61.5 Å². The molecule has 0 radical (unpaired) electrons. The fourth-order valence-corrected chi connectivity index (χ4v) is 4.59. The number of carbonyl (C=O) groups excluding carboxylic acids is 1. The molecule has 1 aromatic heterocycles. The minimum atomic E-state index is 0.0630. The van der Waals surface area contributed by atoms with Gasteiger partial charge in [0.2, 0.25) is 11.9 Å². The Hall–Kier alpha value is -3.49. The standard InChI is InChI=1S/C27H32N6O2/c1-2-32-14-12-21(19-32)26(34)29-22-5-3-20(4-6-22)25-11-13-28-27(31-25)30-23-7-9-24(10-8-23)33-15-17-35-18-16-33/h3-11,13,21H,2,12,14-19H2,1H3,(H,29,34)(H,28,30,31)/t21-/m0/s1. The van der Waals surface area contributed by atoms with Crippen molar-refractivity contribution in [2.45, 2.75) is 13.3 Å². The average molecular weight is 473 g/mol. The van der Waals surface area contributed by atoms with Crippen LogP contribution in [0.5, 0.6) is 0 Å². The van der Waals surface area contributed by atoms with E-state index in [1.54, 1.807) is 6.20 Å². The van der Waals surface area contributed by atoms with Crippen molar-refractivity contribution in [3.05, 3.63) is 60.8 Å². The van der Waals surface area contributed by atoms with Crippen LogP contribution in [-0.2, 0) is 9.53 Å². The fraction of sp³-hybridized carbons (Fsp3) is 0.370. The number of hydrogen-bond acceptors (Lipinski definition) is 7. The smallest absolute Gasteiger partial charge is 0.228 e. The number of amides is 1. The van der Waals surface area contributed by atoms with Gasteiger partial charge in [0.15, 0.2) is 0 Å². The Balaban J connectivity index is 1.20. The van der Waals surface area contributed by atoms with Gasteiger partial charge in [-0.3, -0.25) is 4.79 Å². The van der Waals surface area contributed by atoms with E-state index in [0.717, 1.165) is 75.0 Å². The minimum absolute atomic E-state index is 0.0630. The van der Waals surface area contributed by atoms with Gasteiger partial charge in [-0.2, -0.15) is 0 Å². The summed E-state index contributed by atoms with van der Waals surface area (Å²) >= 11 is 0. The highest BCUT2D eigenvalue weighted by molar-refractivity contribution is 5.93. The number of likely N-dealkylation sites (tertiary alicyclic amines) is 1. The topological polar surface area (TPSA) is 82.6 Å². The summed E-state index contributed by atoms with van der Waals surface area (Å²) in [6.07, 6.45) is 2.67. The van der Waals surface area contributed by atoms with E-state index >= 15 is 0 Å². The van der Waals surface area contributed by atoms with Gasteiger partial charge >= 0.3 is 0 Å². The van der Waals surface area contributed by atoms with E-state index in [1.165, 1.54) is 5.69 Å². The van der Waals surface area contributed by atoms with E-state index in [2.05, 4.69) is 49.5 Å². The lowest BCUT2D eigenvalue weighted by atomic mass is 10.1. The molecular formula is C27H32N6O2. The number of nitrogens with one attached hydrogen (secondary N) is 2. The first-order valence-corrected chi connectivity index (χ1v) is 12.3. The molecule has 5 rings (SSSR count). The predicted octanol–water partition coefficient (Wildman–Crippen LogP) is 4.00. The van der Waals surface area contributed by atoms with Crippen LogP contribution in [0.1, 0.15) is 13.3 Å². The first kappa shape index (κ1) is 23.3. The summed E-state index contributed by atoms with van der Waals surface area (Å²) in [7, 11) is 0. The molecule has 2 aliphatic heterocycles. The van der Waals surface area contributed by atoms with Crippen LogP contribution in [0.25, 0.3) is 11.3 Å². The monoisotopic (exact) mass is 472 g/mol. The van der Waals surface area contributed by atoms with Crippen LogP contribution in [0, 0.1) is 5.92 Å². The van der Waals surface area contributed by atoms with Crippen LogP contribution in [-0.4, -0.2) is 66.7 Å². The Morgan fingerprint density at radius 1 is 1.00 bits per heavy atom. The van der Waals surface area contributed by atoms with Crippen molar-refractivity contribution >= 4 is 28.9 Å². The molecule has 2 saturated heterocycles. The third-order valence-corrected chi connectivity index (χ3v) is 6.69. The lowest BCUT2D eigenvalue weighted by molar-refractivity contribution is -0.119. The highest BCUT2D eigenvalue weighted by Crippen LogP contribution is 2.24. The van der Waals surface area contributed by atoms with Crippen LogP contribution in [0.15, 0.2) is 60.8 Å². The summed E-state index contributed by atoms with van der Waals surface area (Å²) in [6.45, 7) is 8.33. The van der Waals surface area contributed by atoms with E-state index in [0.29, 0.717) is 5.95 Å².